The molecule has 1 atom stereocenters. The van der Waals surface area contributed by atoms with Crippen molar-refractivity contribution in [1.82, 2.24) is 10.6 Å². The van der Waals surface area contributed by atoms with Crippen LogP contribution in [0.15, 0.2) is 0 Å². The first-order valence-corrected chi connectivity index (χ1v) is 5.85. The van der Waals surface area contributed by atoms with Crippen LogP contribution in [-0.2, 0) is 4.79 Å². The van der Waals surface area contributed by atoms with E-state index in [4.69, 9.17) is 0 Å². The van der Waals surface area contributed by atoms with E-state index in [0.29, 0.717) is 6.54 Å². The highest BCUT2D eigenvalue weighted by Crippen LogP contribution is 2.19. The summed E-state index contributed by atoms with van der Waals surface area (Å²) >= 11 is 0. The van der Waals surface area contributed by atoms with E-state index in [2.05, 4.69) is 17.6 Å². The third-order valence-electron chi connectivity index (χ3n) is 3.20. The summed E-state index contributed by atoms with van der Waals surface area (Å²) < 4.78 is 0. The van der Waals surface area contributed by atoms with Crippen molar-refractivity contribution in [1.29, 1.82) is 0 Å². The maximum Gasteiger partial charge on any atom is 0.226 e. The SMILES string of the molecule is CCC(C)(CO)CNCC(C)(C)C(=O)NC. The smallest absolute Gasteiger partial charge is 0.226 e. The number of nitrogens with one attached hydrogen (secondary N) is 2. The molecule has 4 nitrogen and oxygen atoms in total. The molecule has 0 aliphatic heterocycles. The Morgan fingerprint density at radius 1 is 1.25 bits per heavy atom. The number of aliphatic hydroxyl groups is 1. The number of carbonyl (C=O) groups is 1. The molecule has 0 heterocycles. The van der Waals surface area contributed by atoms with Crippen LogP contribution in [0.4, 0.5) is 0 Å². The second kappa shape index (κ2) is 6.21. The number of carbonyl (C=O) groups excluding carboxylic acids is 1. The molecule has 3 N–H and O–H groups in total. The standard InChI is InChI=1S/C12H26N2O2/c1-6-12(4,9-15)8-14-7-11(2,3)10(16)13-5/h14-15H,6-9H2,1-5H3,(H,13,16). The Morgan fingerprint density at radius 3 is 2.19 bits per heavy atom. The average molecular weight is 230 g/mol. The Morgan fingerprint density at radius 2 is 1.81 bits per heavy atom. The van der Waals surface area contributed by atoms with Gasteiger partial charge < -0.3 is 15.7 Å². The van der Waals surface area contributed by atoms with Crippen molar-refractivity contribution in [3.8, 4) is 0 Å². The fourth-order valence-electron chi connectivity index (χ4n) is 1.39. The van der Waals surface area contributed by atoms with E-state index >= 15 is 0 Å². The van der Waals surface area contributed by atoms with E-state index in [1.54, 1.807) is 7.05 Å². The zero-order chi connectivity index (χ0) is 12.8. The van der Waals surface area contributed by atoms with Gasteiger partial charge in [0.05, 0.1) is 5.41 Å². The monoisotopic (exact) mass is 230 g/mol. The zero-order valence-electron chi connectivity index (χ0n) is 11.2. The van der Waals surface area contributed by atoms with E-state index < -0.39 is 5.41 Å². The lowest BCUT2D eigenvalue weighted by molar-refractivity contribution is -0.128. The maximum absolute atomic E-state index is 11.5. The molecule has 0 aromatic carbocycles. The van der Waals surface area contributed by atoms with Crippen LogP contribution >= 0.6 is 0 Å². The van der Waals surface area contributed by atoms with Crippen LogP contribution in [0.3, 0.4) is 0 Å². The van der Waals surface area contributed by atoms with E-state index in [1.807, 2.05) is 20.8 Å². The highest BCUT2D eigenvalue weighted by molar-refractivity contribution is 5.81. The Labute approximate surface area is 98.8 Å². The minimum absolute atomic E-state index is 0.0298. The second-order valence-corrected chi connectivity index (χ2v) is 5.39. The Balaban J connectivity index is 4.11. The molecule has 0 aromatic heterocycles. The van der Waals surface area contributed by atoms with Gasteiger partial charge in [-0.3, -0.25) is 4.79 Å². The van der Waals surface area contributed by atoms with Gasteiger partial charge >= 0.3 is 0 Å². The fraction of sp³-hybridized carbons (Fsp3) is 0.917. The van der Waals surface area contributed by atoms with Crippen molar-refractivity contribution in [2.75, 3.05) is 26.7 Å². The van der Waals surface area contributed by atoms with Crippen LogP contribution in [0.25, 0.3) is 0 Å². The lowest BCUT2D eigenvalue weighted by Gasteiger charge is -2.29. The van der Waals surface area contributed by atoms with Gasteiger partial charge in [0.2, 0.25) is 5.91 Å². The van der Waals surface area contributed by atoms with E-state index in [-0.39, 0.29) is 17.9 Å². The molecule has 0 saturated heterocycles. The summed E-state index contributed by atoms with van der Waals surface area (Å²) in [5, 5.41) is 15.2. The van der Waals surface area contributed by atoms with Crippen molar-refractivity contribution in [3.05, 3.63) is 0 Å². The molecule has 16 heavy (non-hydrogen) atoms. The third kappa shape index (κ3) is 4.49. The molecule has 0 aliphatic rings. The molecule has 96 valence electrons. The largest absolute Gasteiger partial charge is 0.396 e. The highest BCUT2D eigenvalue weighted by atomic mass is 16.3. The van der Waals surface area contributed by atoms with Gasteiger partial charge in [0.25, 0.3) is 0 Å². The molecule has 0 rings (SSSR count). The van der Waals surface area contributed by atoms with Crippen LogP contribution in [0, 0.1) is 10.8 Å². The van der Waals surface area contributed by atoms with Crippen molar-refractivity contribution >= 4 is 5.91 Å². The summed E-state index contributed by atoms with van der Waals surface area (Å²) in [6.07, 6.45) is 0.914. The van der Waals surface area contributed by atoms with Crippen molar-refractivity contribution in [3.63, 3.8) is 0 Å². The van der Waals surface area contributed by atoms with Gasteiger partial charge in [0, 0.05) is 32.2 Å². The zero-order valence-corrected chi connectivity index (χ0v) is 11.2. The Bertz CT molecular complexity index is 223. The molecule has 0 fully saturated rings. The van der Waals surface area contributed by atoms with Crippen LogP contribution in [0.5, 0.6) is 0 Å². The summed E-state index contributed by atoms with van der Waals surface area (Å²) in [7, 11) is 1.65. The number of hydrogen-bond acceptors (Lipinski definition) is 3. The molecule has 0 spiro atoms. The molecule has 1 unspecified atom stereocenters. The van der Waals surface area contributed by atoms with E-state index in [0.717, 1.165) is 13.0 Å². The molecule has 4 heteroatoms. The summed E-state index contributed by atoms with van der Waals surface area (Å²) in [6, 6.07) is 0. The number of amides is 1. The lowest BCUT2D eigenvalue weighted by atomic mass is 9.87. The van der Waals surface area contributed by atoms with Crippen LogP contribution < -0.4 is 10.6 Å². The van der Waals surface area contributed by atoms with Gasteiger partial charge in [-0.05, 0) is 20.3 Å². The molecule has 0 saturated carbocycles. The maximum atomic E-state index is 11.5. The van der Waals surface area contributed by atoms with Crippen LogP contribution in [0.1, 0.15) is 34.1 Å². The Hall–Kier alpha value is -0.610. The van der Waals surface area contributed by atoms with E-state index in [1.165, 1.54) is 0 Å². The molecule has 0 aliphatic carbocycles. The van der Waals surface area contributed by atoms with Crippen molar-refractivity contribution in [2.24, 2.45) is 10.8 Å². The first-order valence-electron chi connectivity index (χ1n) is 5.85. The van der Waals surface area contributed by atoms with Crippen LogP contribution in [-0.4, -0.2) is 37.8 Å². The lowest BCUT2D eigenvalue weighted by Crippen LogP contribution is -2.45. The number of aliphatic hydroxyl groups excluding tert-OH is 1. The number of hydrogen-bond donors (Lipinski definition) is 3. The number of rotatable bonds is 7. The first-order chi connectivity index (χ1) is 7.31. The predicted octanol–water partition coefficient (Wildman–Crippen LogP) is 0.757. The minimum Gasteiger partial charge on any atom is -0.396 e. The average Bonchev–Trinajstić information content (AvgIpc) is 2.27. The molecule has 0 radical (unpaired) electrons. The van der Waals surface area contributed by atoms with Gasteiger partial charge in [0.1, 0.15) is 0 Å². The van der Waals surface area contributed by atoms with Gasteiger partial charge in [-0.2, -0.15) is 0 Å². The molecule has 1 amide bonds. The summed E-state index contributed by atoms with van der Waals surface area (Å²) in [4.78, 5) is 11.5. The normalized spacial score (nSPS) is 15.6. The summed E-state index contributed by atoms with van der Waals surface area (Å²) in [5.41, 5.74) is -0.516. The highest BCUT2D eigenvalue weighted by Gasteiger charge is 2.28. The summed E-state index contributed by atoms with van der Waals surface area (Å²) in [5.74, 6) is 0.0298. The van der Waals surface area contributed by atoms with E-state index in [9.17, 15) is 9.90 Å². The topological polar surface area (TPSA) is 61.4 Å². The fourth-order valence-corrected chi connectivity index (χ4v) is 1.39. The van der Waals surface area contributed by atoms with Gasteiger partial charge in [-0.25, -0.2) is 0 Å². The Kier molecular flexibility index (Phi) is 5.97. The van der Waals surface area contributed by atoms with Crippen molar-refractivity contribution in [2.45, 2.75) is 34.1 Å². The molecule has 0 aromatic rings. The van der Waals surface area contributed by atoms with Crippen molar-refractivity contribution < 1.29 is 9.90 Å². The molecular formula is C12H26N2O2. The van der Waals surface area contributed by atoms with Gasteiger partial charge in [-0.15, -0.1) is 0 Å². The summed E-state index contributed by atoms with van der Waals surface area (Å²) in [6.45, 7) is 9.40. The predicted molar refractivity (Wildman–Crippen MR) is 66.2 cm³/mol. The minimum atomic E-state index is -0.418. The quantitative estimate of drug-likeness (QED) is 0.605. The molecule has 0 bridgehead atoms. The third-order valence-corrected chi connectivity index (χ3v) is 3.20. The van der Waals surface area contributed by atoms with Gasteiger partial charge in [-0.1, -0.05) is 13.8 Å². The van der Waals surface area contributed by atoms with Gasteiger partial charge in [0.15, 0.2) is 0 Å². The first kappa shape index (κ1) is 15.4. The molecular weight excluding hydrogens is 204 g/mol. The second-order valence-electron chi connectivity index (χ2n) is 5.39. The van der Waals surface area contributed by atoms with Crippen LogP contribution in [0.2, 0.25) is 0 Å².